The second-order valence-corrected chi connectivity index (χ2v) is 6.27. The summed E-state index contributed by atoms with van der Waals surface area (Å²) in [6.45, 7) is 0.599. The van der Waals surface area contributed by atoms with E-state index in [-0.39, 0.29) is 5.69 Å². The molecule has 1 heterocycles. The summed E-state index contributed by atoms with van der Waals surface area (Å²) in [7, 11) is 0. The number of amides is 3. The van der Waals surface area contributed by atoms with Crippen LogP contribution >= 0.6 is 0 Å². The summed E-state index contributed by atoms with van der Waals surface area (Å²) in [5, 5.41) is 18.6. The highest BCUT2D eigenvalue weighted by Crippen LogP contribution is 2.41. The molecule has 1 unspecified atom stereocenters. The lowest BCUT2D eigenvalue weighted by atomic mass is 9.90. The molecule has 1 fully saturated rings. The SMILES string of the molecule is CC1(c2ccccc2)C(=O)N(c2ccc(C#N)c(C(F)(F)F)c2)C(=O)N1CO. The number of hydrogen-bond acceptors (Lipinski definition) is 4. The highest BCUT2D eigenvalue weighted by Gasteiger charge is 2.56. The number of nitriles is 1. The van der Waals surface area contributed by atoms with Gasteiger partial charge in [0.25, 0.3) is 5.91 Å². The van der Waals surface area contributed by atoms with Gasteiger partial charge in [-0.05, 0) is 30.7 Å². The lowest BCUT2D eigenvalue weighted by Gasteiger charge is -2.30. The number of alkyl halides is 3. The Morgan fingerprint density at radius 3 is 2.32 bits per heavy atom. The minimum atomic E-state index is -4.84. The van der Waals surface area contributed by atoms with Gasteiger partial charge in [0.05, 0.1) is 22.9 Å². The van der Waals surface area contributed by atoms with Gasteiger partial charge in [-0.1, -0.05) is 30.3 Å². The van der Waals surface area contributed by atoms with Crippen LogP contribution in [0.15, 0.2) is 48.5 Å². The molecule has 3 amide bonds. The van der Waals surface area contributed by atoms with E-state index < -0.39 is 41.5 Å². The van der Waals surface area contributed by atoms with Gasteiger partial charge in [-0.3, -0.25) is 9.69 Å². The fraction of sp³-hybridized carbons (Fsp3) is 0.211. The molecule has 1 saturated heterocycles. The summed E-state index contributed by atoms with van der Waals surface area (Å²) in [6.07, 6.45) is -4.84. The van der Waals surface area contributed by atoms with Crippen LogP contribution in [0, 0.1) is 11.3 Å². The number of carbonyl (C=O) groups excluding carboxylic acids is 2. The third-order valence-corrected chi connectivity index (χ3v) is 4.75. The highest BCUT2D eigenvalue weighted by atomic mass is 19.4. The van der Waals surface area contributed by atoms with Gasteiger partial charge < -0.3 is 5.11 Å². The molecule has 0 saturated carbocycles. The predicted octanol–water partition coefficient (Wildman–Crippen LogP) is 3.21. The van der Waals surface area contributed by atoms with E-state index in [1.54, 1.807) is 30.3 Å². The molecule has 1 aliphatic rings. The van der Waals surface area contributed by atoms with Gasteiger partial charge in [-0.2, -0.15) is 18.4 Å². The van der Waals surface area contributed by atoms with Crippen molar-refractivity contribution in [1.29, 1.82) is 5.26 Å². The van der Waals surface area contributed by atoms with Crippen molar-refractivity contribution in [2.45, 2.75) is 18.6 Å². The highest BCUT2D eigenvalue weighted by molar-refractivity contribution is 6.23. The number of imide groups is 1. The number of hydrogen-bond donors (Lipinski definition) is 1. The maximum Gasteiger partial charge on any atom is 0.417 e. The molecule has 1 aliphatic heterocycles. The number of urea groups is 1. The number of nitrogens with zero attached hydrogens (tertiary/aromatic N) is 3. The van der Waals surface area contributed by atoms with Crippen LogP contribution in [-0.2, 0) is 16.5 Å². The molecule has 3 rings (SSSR count). The monoisotopic (exact) mass is 389 g/mol. The Morgan fingerprint density at radius 2 is 1.79 bits per heavy atom. The Kier molecular flexibility index (Phi) is 4.61. The third-order valence-electron chi connectivity index (χ3n) is 4.75. The van der Waals surface area contributed by atoms with E-state index in [1.807, 2.05) is 0 Å². The largest absolute Gasteiger partial charge is 0.417 e. The Morgan fingerprint density at radius 1 is 1.14 bits per heavy atom. The van der Waals surface area contributed by atoms with E-state index in [0.29, 0.717) is 16.5 Å². The molecule has 1 atom stereocenters. The lowest BCUT2D eigenvalue weighted by Crippen LogP contribution is -2.44. The van der Waals surface area contributed by atoms with Gasteiger partial charge in [-0.25, -0.2) is 9.69 Å². The van der Waals surface area contributed by atoms with Gasteiger partial charge in [0.15, 0.2) is 0 Å². The molecule has 0 aromatic heterocycles. The topological polar surface area (TPSA) is 84.6 Å². The number of anilines is 1. The average molecular weight is 389 g/mol. The molecule has 0 spiro atoms. The van der Waals surface area contributed by atoms with Crippen LogP contribution < -0.4 is 4.90 Å². The average Bonchev–Trinajstić information content (AvgIpc) is 2.87. The maximum absolute atomic E-state index is 13.3. The second-order valence-electron chi connectivity index (χ2n) is 6.27. The van der Waals surface area contributed by atoms with E-state index in [9.17, 15) is 27.9 Å². The van der Waals surface area contributed by atoms with Gasteiger partial charge in [-0.15, -0.1) is 0 Å². The van der Waals surface area contributed by atoms with E-state index in [0.717, 1.165) is 17.0 Å². The van der Waals surface area contributed by atoms with Gasteiger partial charge >= 0.3 is 12.2 Å². The van der Waals surface area contributed by atoms with Gasteiger partial charge in [0, 0.05) is 0 Å². The number of carbonyl (C=O) groups is 2. The summed E-state index contributed by atoms with van der Waals surface area (Å²) < 4.78 is 39.8. The van der Waals surface area contributed by atoms with Crippen LogP contribution in [-0.4, -0.2) is 28.7 Å². The number of rotatable bonds is 3. The predicted molar refractivity (Wildman–Crippen MR) is 91.8 cm³/mol. The Bertz CT molecular complexity index is 985. The van der Waals surface area contributed by atoms with Crippen molar-refractivity contribution in [3.05, 3.63) is 65.2 Å². The van der Waals surface area contributed by atoms with E-state index in [2.05, 4.69) is 0 Å². The standard InChI is InChI=1S/C19H14F3N3O3/c1-18(13-5-3-2-4-6-13)16(27)25(17(28)24(18)11-26)14-8-7-12(10-23)15(9-14)19(20,21)22/h2-9,26H,11H2,1H3. The summed E-state index contributed by atoms with van der Waals surface area (Å²) in [5.74, 6) is -0.810. The smallest absolute Gasteiger partial charge is 0.376 e. The molecule has 2 aromatic carbocycles. The maximum atomic E-state index is 13.3. The number of halogens is 3. The quantitative estimate of drug-likeness (QED) is 0.817. The molecule has 9 heteroatoms. The van der Waals surface area contributed by atoms with Crippen molar-refractivity contribution in [2.24, 2.45) is 0 Å². The molecule has 0 bridgehead atoms. The van der Waals surface area contributed by atoms with Gasteiger partial charge in [0.1, 0.15) is 12.3 Å². The van der Waals surface area contributed by atoms with Crippen LogP contribution in [0.25, 0.3) is 0 Å². The Labute approximate surface area is 158 Å². The Hall–Kier alpha value is -3.38. The van der Waals surface area contributed by atoms with Crippen molar-refractivity contribution < 1.29 is 27.9 Å². The normalized spacial score (nSPS) is 19.9. The summed E-state index contributed by atoms with van der Waals surface area (Å²) >= 11 is 0. The Balaban J connectivity index is 2.15. The third kappa shape index (κ3) is 2.78. The first-order chi connectivity index (χ1) is 13.2. The molecule has 6 nitrogen and oxygen atoms in total. The molecular weight excluding hydrogens is 375 g/mol. The zero-order valence-corrected chi connectivity index (χ0v) is 14.6. The second kappa shape index (κ2) is 6.65. The molecule has 2 aromatic rings. The number of aliphatic hydroxyl groups excluding tert-OH is 1. The van der Waals surface area contributed by atoms with E-state index in [1.165, 1.54) is 13.0 Å². The molecular formula is C19H14F3N3O3. The molecule has 0 aliphatic carbocycles. The fourth-order valence-electron chi connectivity index (χ4n) is 3.21. The molecule has 1 N–H and O–H groups in total. The van der Waals surface area contributed by atoms with Gasteiger partial charge in [0.2, 0.25) is 0 Å². The lowest BCUT2D eigenvalue weighted by molar-refractivity contribution is -0.137. The summed E-state index contributed by atoms with van der Waals surface area (Å²) in [6, 6.07) is 11.2. The first-order valence-corrected chi connectivity index (χ1v) is 8.10. The minimum absolute atomic E-state index is 0.334. The van der Waals surface area contributed by atoms with Crippen molar-refractivity contribution in [1.82, 2.24) is 4.90 Å². The summed E-state index contributed by atoms with van der Waals surface area (Å²) in [4.78, 5) is 27.4. The number of benzene rings is 2. The molecule has 0 radical (unpaired) electrons. The van der Waals surface area contributed by atoms with Crippen molar-refractivity contribution in [3.63, 3.8) is 0 Å². The molecule has 144 valence electrons. The van der Waals surface area contributed by atoms with E-state index >= 15 is 0 Å². The van der Waals surface area contributed by atoms with Crippen molar-refractivity contribution in [3.8, 4) is 6.07 Å². The van der Waals surface area contributed by atoms with Crippen LogP contribution in [0.2, 0.25) is 0 Å². The van der Waals surface area contributed by atoms with Crippen molar-refractivity contribution >= 4 is 17.6 Å². The first-order valence-electron chi connectivity index (χ1n) is 8.10. The summed E-state index contributed by atoms with van der Waals surface area (Å²) in [5.41, 5.74) is -3.41. The first kappa shape index (κ1) is 19.4. The zero-order chi connectivity index (χ0) is 20.7. The minimum Gasteiger partial charge on any atom is -0.376 e. The van der Waals surface area contributed by atoms with E-state index in [4.69, 9.17) is 5.26 Å². The van der Waals surface area contributed by atoms with Crippen LogP contribution in [0.3, 0.4) is 0 Å². The van der Waals surface area contributed by atoms with Crippen LogP contribution in [0.5, 0.6) is 0 Å². The fourth-order valence-corrected chi connectivity index (χ4v) is 3.21. The molecule has 28 heavy (non-hydrogen) atoms. The zero-order valence-electron chi connectivity index (χ0n) is 14.6. The van der Waals surface area contributed by atoms with Crippen molar-refractivity contribution in [2.75, 3.05) is 11.6 Å². The number of aliphatic hydroxyl groups is 1. The van der Waals surface area contributed by atoms with Crippen LogP contribution in [0.4, 0.5) is 23.7 Å². The van der Waals surface area contributed by atoms with Crippen LogP contribution in [0.1, 0.15) is 23.6 Å².